The monoisotopic (exact) mass is 198 g/mol. The Hall–Kier alpha value is -0.830. The van der Waals surface area contributed by atoms with Gasteiger partial charge in [0.05, 0.1) is 6.61 Å². The van der Waals surface area contributed by atoms with Crippen LogP contribution in [0.5, 0.6) is 0 Å². The van der Waals surface area contributed by atoms with E-state index >= 15 is 0 Å². The number of rotatable bonds is 3. The quantitative estimate of drug-likeness (QED) is 0.554. The van der Waals surface area contributed by atoms with Gasteiger partial charge < -0.3 is 9.84 Å². The molecule has 0 radical (unpaired) electrons. The molecule has 14 heavy (non-hydrogen) atoms. The molecule has 0 fully saturated rings. The molecule has 0 aromatic rings. The predicted octanol–water partition coefficient (Wildman–Crippen LogP) is 1.66. The van der Waals surface area contributed by atoms with Crippen molar-refractivity contribution in [2.75, 3.05) is 6.61 Å². The SMILES string of the molecule is CCOC(=O)C(O)C1=CCCCC1C. The fraction of sp³-hybridized carbons (Fsp3) is 0.727. The number of ether oxygens (including phenoxy) is 1. The molecule has 0 amide bonds. The molecular weight excluding hydrogens is 180 g/mol. The van der Waals surface area contributed by atoms with Crippen molar-refractivity contribution >= 4 is 5.97 Å². The summed E-state index contributed by atoms with van der Waals surface area (Å²) in [6, 6.07) is 0. The molecule has 2 atom stereocenters. The maximum Gasteiger partial charge on any atom is 0.339 e. The molecule has 0 aromatic heterocycles. The Kier molecular flexibility index (Phi) is 4.14. The zero-order valence-electron chi connectivity index (χ0n) is 8.82. The van der Waals surface area contributed by atoms with E-state index in [0.29, 0.717) is 12.5 Å². The van der Waals surface area contributed by atoms with Crippen LogP contribution < -0.4 is 0 Å². The van der Waals surface area contributed by atoms with Gasteiger partial charge in [-0.25, -0.2) is 4.79 Å². The van der Waals surface area contributed by atoms with Gasteiger partial charge in [0.15, 0.2) is 6.10 Å². The zero-order valence-corrected chi connectivity index (χ0v) is 8.82. The minimum Gasteiger partial charge on any atom is -0.464 e. The van der Waals surface area contributed by atoms with Crippen molar-refractivity contribution in [3.05, 3.63) is 11.6 Å². The summed E-state index contributed by atoms with van der Waals surface area (Å²) in [6.45, 7) is 4.09. The van der Waals surface area contributed by atoms with Crippen LogP contribution in [0, 0.1) is 5.92 Å². The topological polar surface area (TPSA) is 46.5 Å². The Bertz CT molecular complexity index is 233. The molecule has 0 aromatic carbocycles. The molecule has 0 heterocycles. The second-order valence-corrected chi connectivity index (χ2v) is 3.69. The first-order valence-electron chi connectivity index (χ1n) is 5.21. The average Bonchev–Trinajstić information content (AvgIpc) is 2.18. The van der Waals surface area contributed by atoms with E-state index in [1.165, 1.54) is 0 Å². The fourth-order valence-electron chi connectivity index (χ4n) is 1.80. The largest absolute Gasteiger partial charge is 0.464 e. The smallest absolute Gasteiger partial charge is 0.339 e. The van der Waals surface area contributed by atoms with Crippen LogP contribution in [0.2, 0.25) is 0 Å². The van der Waals surface area contributed by atoms with Gasteiger partial charge in [0, 0.05) is 0 Å². The molecule has 3 heteroatoms. The van der Waals surface area contributed by atoms with E-state index in [2.05, 4.69) is 0 Å². The first kappa shape index (κ1) is 11.2. The summed E-state index contributed by atoms with van der Waals surface area (Å²) in [5, 5.41) is 9.70. The normalized spacial score (nSPS) is 23.9. The van der Waals surface area contributed by atoms with Crippen molar-refractivity contribution < 1.29 is 14.6 Å². The van der Waals surface area contributed by atoms with Gasteiger partial charge in [-0.05, 0) is 37.7 Å². The number of hydrogen-bond acceptors (Lipinski definition) is 3. The maximum absolute atomic E-state index is 11.3. The van der Waals surface area contributed by atoms with E-state index in [-0.39, 0.29) is 0 Å². The third-order valence-electron chi connectivity index (χ3n) is 2.62. The number of esters is 1. The third kappa shape index (κ3) is 2.58. The summed E-state index contributed by atoms with van der Waals surface area (Å²) < 4.78 is 4.78. The maximum atomic E-state index is 11.3. The van der Waals surface area contributed by atoms with Gasteiger partial charge in [-0.3, -0.25) is 0 Å². The molecule has 0 saturated carbocycles. The molecule has 3 nitrogen and oxygen atoms in total. The van der Waals surface area contributed by atoms with Gasteiger partial charge in [0.1, 0.15) is 0 Å². The van der Waals surface area contributed by atoms with Crippen LogP contribution in [0.3, 0.4) is 0 Å². The van der Waals surface area contributed by atoms with Crippen LogP contribution in [0.25, 0.3) is 0 Å². The molecule has 1 rings (SSSR count). The minimum absolute atomic E-state index is 0.295. The van der Waals surface area contributed by atoms with Gasteiger partial charge in [-0.1, -0.05) is 13.0 Å². The lowest BCUT2D eigenvalue weighted by Gasteiger charge is -2.23. The Morgan fingerprint density at radius 2 is 2.50 bits per heavy atom. The molecule has 0 bridgehead atoms. The lowest BCUT2D eigenvalue weighted by molar-refractivity contribution is -0.151. The molecule has 0 aliphatic heterocycles. The second kappa shape index (κ2) is 5.15. The highest BCUT2D eigenvalue weighted by Crippen LogP contribution is 2.27. The van der Waals surface area contributed by atoms with E-state index in [1.807, 2.05) is 13.0 Å². The molecule has 80 valence electrons. The Morgan fingerprint density at radius 3 is 3.07 bits per heavy atom. The Balaban J connectivity index is 2.62. The lowest BCUT2D eigenvalue weighted by Crippen LogP contribution is -2.29. The molecule has 1 aliphatic carbocycles. The highest BCUT2D eigenvalue weighted by molar-refractivity contribution is 5.78. The first-order chi connectivity index (χ1) is 6.66. The Morgan fingerprint density at radius 1 is 1.79 bits per heavy atom. The number of hydrogen-bond donors (Lipinski definition) is 1. The van der Waals surface area contributed by atoms with E-state index in [9.17, 15) is 9.90 Å². The van der Waals surface area contributed by atoms with Crippen LogP contribution in [0.15, 0.2) is 11.6 Å². The predicted molar refractivity (Wildman–Crippen MR) is 53.7 cm³/mol. The van der Waals surface area contributed by atoms with Crippen LogP contribution in [0.1, 0.15) is 33.1 Å². The first-order valence-corrected chi connectivity index (χ1v) is 5.21. The zero-order chi connectivity index (χ0) is 10.6. The van der Waals surface area contributed by atoms with Gasteiger partial charge in [0.25, 0.3) is 0 Å². The minimum atomic E-state index is -1.05. The highest BCUT2D eigenvalue weighted by atomic mass is 16.5. The van der Waals surface area contributed by atoms with E-state index in [1.54, 1.807) is 6.92 Å². The lowest BCUT2D eigenvalue weighted by atomic mass is 9.86. The van der Waals surface area contributed by atoms with Gasteiger partial charge in [-0.2, -0.15) is 0 Å². The molecule has 2 unspecified atom stereocenters. The van der Waals surface area contributed by atoms with Crippen molar-refractivity contribution in [3.8, 4) is 0 Å². The van der Waals surface area contributed by atoms with Crippen molar-refractivity contribution in [1.29, 1.82) is 0 Å². The van der Waals surface area contributed by atoms with E-state index < -0.39 is 12.1 Å². The van der Waals surface area contributed by atoms with Crippen LogP contribution in [-0.4, -0.2) is 23.8 Å². The molecule has 0 spiro atoms. The number of aliphatic hydroxyl groups excluding tert-OH is 1. The fourth-order valence-corrected chi connectivity index (χ4v) is 1.80. The molecule has 1 aliphatic rings. The van der Waals surface area contributed by atoms with Gasteiger partial charge in [0.2, 0.25) is 0 Å². The van der Waals surface area contributed by atoms with E-state index in [0.717, 1.165) is 24.8 Å². The van der Waals surface area contributed by atoms with Crippen LogP contribution >= 0.6 is 0 Å². The van der Waals surface area contributed by atoms with Crippen LogP contribution in [0.4, 0.5) is 0 Å². The number of aliphatic hydroxyl groups is 1. The summed E-state index contributed by atoms with van der Waals surface area (Å²) >= 11 is 0. The second-order valence-electron chi connectivity index (χ2n) is 3.69. The Labute approximate surface area is 84.8 Å². The van der Waals surface area contributed by atoms with Gasteiger partial charge >= 0.3 is 5.97 Å². The van der Waals surface area contributed by atoms with Crippen molar-refractivity contribution in [3.63, 3.8) is 0 Å². The molecule has 1 N–H and O–H groups in total. The van der Waals surface area contributed by atoms with Crippen molar-refractivity contribution in [2.24, 2.45) is 5.92 Å². The highest BCUT2D eigenvalue weighted by Gasteiger charge is 2.26. The summed E-state index contributed by atoms with van der Waals surface area (Å²) in [5.74, 6) is -0.226. The molecule has 0 saturated heterocycles. The third-order valence-corrected chi connectivity index (χ3v) is 2.62. The summed E-state index contributed by atoms with van der Waals surface area (Å²) in [4.78, 5) is 11.3. The summed E-state index contributed by atoms with van der Waals surface area (Å²) in [7, 11) is 0. The average molecular weight is 198 g/mol. The van der Waals surface area contributed by atoms with Crippen molar-refractivity contribution in [1.82, 2.24) is 0 Å². The number of carbonyl (C=O) groups is 1. The van der Waals surface area contributed by atoms with Gasteiger partial charge in [-0.15, -0.1) is 0 Å². The standard InChI is InChI=1S/C11H18O3/c1-3-14-11(13)10(12)9-7-5-4-6-8(9)2/h7-8,10,12H,3-6H2,1-2H3. The number of carbonyl (C=O) groups excluding carboxylic acids is 1. The molecular formula is C11H18O3. The summed E-state index contributed by atoms with van der Waals surface area (Å²) in [6.07, 6.45) is 4.05. The summed E-state index contributed by atoms with van der Waals surface area (Å²) in [5.41, 5.74) is 0.828. The van der Waals surface area contributed by atoms with Crippen LogP contribution in [-0.2, 0) is 9.53 Å². The van der Waals surface area contributed by atoms with E-state index in [4.69, 9.17) is 4.74 Å². The van der Waals surface area contributed by atoms with Crippen molar-refractivity contribution in [2.45, 2.75) is 39.2 Å². The number of allylic oxidation sites excluding steroid dienone is 1.